The Kier molecular flexibility index (Phi) is 7.48. The van der Waals surface area contributed by atoms with Gasteiger partial charge in [-0.25, -0.2) is 4.79 Å². The van der Waals surface area contributed by atoms with Gasteiger partial charge in [0.05, 0.1) is 6.10 Å². The molecule has 1 aliphatic carbocycles. The normalized spacial score (nSPS) is 20.2. The summed E-state index contributed by atoms with van der Waals surface area (Å²) >= 11 is 0. The minimum atomic E-state index is -5.08. The first-order chi connectivity index (χ1) is 13.1. The third-order valence-corrected chi connectivity index (χ3v) is 4.90. The van der Waals surface area contributed by atoms with Crippen LogP contribution in [0.2, 0.25) is 0 Å². The van der Waals surface area contributed by atoms with E-state index in [1.54, 1.807) is 19.0 Å². The average Bonchev–Trinajstić information content (AvgIpc) is 2.89. The fourth-order valence-corrected chi connectivity index (χ4v) is 3.04. The SMILES string of the molecule is CN(C)C(=O)COC1CN(C2CCC2)Cc2cccn2C1.O=C(O)C(F)(F)F. The molecule has 1 atom stereocenters. The van der Waals surface area contributed by atoms with E-state index in [4.69, 9.17) is 14.6 Å². The number of rotatable bonds is 4. The molecule has 28 heavy (non-hydrogen) atoms. The highest BCUT2D eigenvalue weighted by atomic mass is 19.4. The van der Waals surface area contributed by atoms with Gasteiger partial charge >= 0.3 is 12.1 Å². The van der Waals surface area contributed by atoms with Crippen LogP contribution in [-0.2, 0) is 27.4 Å². The number of carboxylic acid groups (broad SMARTS) is 1. The van der Waals surface area contributed by atoms with Crippen molar-refractivity contribution in [1.29, 1.82) is 0 Å². The van der Waals surface area contributed by atoms with Gasteiger partial charge in [0.25, 0.3) is 0 Å². The number of ether oxygens (including phenoxy) is 1. The van der Waals surface area contributed by atoms with Crippen LogP contribution in [0.1, 0.15) is 25.0 Å². The van der Waals surface area contributed by atoms with Crippen LogP contribution in [-0.4, -0.2) is 76.9 Å². The summed E-state index contributed by atoms with van der Waals surface area (Å²) in [5.74, 6) is -2.73. The number of amides is 1. The summed E-state index contributed by atoms with van der Waals surface area (Å²) in [4.78, 5) is 24.7. The molecule has 7 nitrogen and oxygen atoms in total. The first kappa shape index (κ1) is 22.2. The summed E-state index contributed by atoms with van der Waals surface area (Å²) in [6.07, 6.45) is 1.05. The van der Waals surface area contributed by atoms with Gasteiger partial charge < -0.3 is 19.3 Å². The highest BCUT2D eigenvalue weighted by Gasteiger charge is 2.38. The van der Waals surface area contributed by atoms with Crippen LogP contribution in [0, 0.1) is 0 Å². The summed E-state index contributed by atoms with van der Waals surface area (Å²) in [7, 11) is 3.53. The number of halogens is 3. The van der Waals surface area contributed by atoms with Crippen molar-refractivity contribution in [3.8, 4) is 0 Å². The van der Waals surface area contributed by atoms with E-state index in [2.05, 4.69) is 27.8 Å². The fraction of sp³-hybridized carbons (Fsp3) is 0.667. The minimum absolute atomic E-state index is 0.0298. The molecular weight excluding hydrogens is 379 g/mol. The molecule has 2 aliphatic rings. The molecule has 1 aromatic heterocycles. The fourth-order valence-electron chi connectivity index (χ4n) is 3.04. The monoisotopic (exact) mass is 405 g/mol. The predicted octanol–water partition coefficient (Wildman–Crippen LogP) is 1.96. The maximum atomic E-state index is 11.7. The molecule has 1 amide bonds. The third-order valence-electron chi connectivity index (χ3n) is 4.90. The summed E-state index contributed by atoms with van der Waals surface area (Å²) in [5, 5.41) is 7.12. The van der Waals surface area contributed by atoms with Crippen LogP contribution < -0.4 is 0 Å². The van der Waals surface area contributed by atoms with Crippen LogP contribution in [0.3, 0.4) is 0 Å². The van der Waals surface area contributed by atoms with Gasteiger partial charge in [-0.15, -0.1) is 0 Å². The maximum absolute atomic E-state index is 11.7. The summed E-state index contributed by atoms with van der Waals surface area (Å²) in [6, 6.07) is 4.99. The van der Waals surface area contributed by atoms with Crippen molar-refractivity contribution in [2.24, 2.45) is 0 Å². The standard InChI is InChI=1S/C16H25N3O2.C2HF3O2/c1-17(2)16(20)12-21-15-10-18-8-4-7-14(18)9-19(11-15)13-5-3-6-13;3-2(4,5)1(6)7/h4,7-8,13,15H,3,5-6,9-12H2,1-2H3;(H,6,7). The molecule has 1 saturated carbocycles. The molecule has 0 radical (unpaired) electrons. The Morgan fingerprint density at radius 3 is 2.43 bits per heavy atom. The van der Waals surface area contributed by atoms with Gasteiger partial charge in [-0.2, -0.15) is 13.2 Å². The number of carboxylic acids is 1. The predicted molar refractivity (Wildman–Crippen MR) is 94.6 cm³/mol. The van der Waals surface area contributed by atoms with Crippen LogP contribution in [0.15, 0.2) is 18.3 Å². The van der Waals surface area contributed by atoms with Gasteiger partial charge in [0.15, 0.2) is 0 Å². The van der Waals surface area contributed by atoms with Gasteiger partial charge in [-0.05, 0) is 25.0 Å². The molecule has 1 aliphatic heterocycles. The Hall–Kier alpha value is -2.07. The van der Waals surface area contributed by atoms with Crippen molar-refractivity contribution in [3.63, 3.8) is 0 Å². The van der Waals surface area contributed by atoms with Crippen molar-refractivity contribution in [2.45, 2.75) is 50.7 Å². The van der Waals surface area contributed by atoms with E-state index in [1.165, 1.54) is 25.0 Å². The number of likely N-dealkylation sites (N-methyl/N-ethyl adjacent to an activating group) is 1. The number of carbonyl (C=O) groups is 2. The Bertz CT molecular complexity index is 671. The first-order valence-electron chi connectivity index (χ1n) is 9.08. The number of hydrogen-bond donors (Lipinski definition) is 1. The lowest BCUT2D eigenvalue weighted by molar-refractivity contribution is -0.192. The van der Waals surface area contributed by atoms with Crippen molar-refractivity contribution in [2.75, 3.05) is 27.2 Å². The highest BCUT2D eigenvalue weighted by molar-refractivity contribution is 5.76. The molecule has 0 spiro atoms. The molecule has 0 bridgehead atoms. The van der Waals surface area contributed by atoms with E-state index in [1.807, 2.05) is 0 Å². The molecular formula is C18H26F3N3O4. The topological polar surface area (TPSA) is 75.0 Å². The van der Waals surface area contributed by atoms with E-state index >= 15 is 0 Å². The molecule has 1 fully saturated rings. The van der Waals surface area contributed by atoms with Crippen molar-refractivity contribution < 1.29 is 32.6 Å². The smallest absolute Gasteiger partial charge is 0.475 e. The van der Waals surface area contributed by atoms with Crippen molar-refractivity contribution in [1.82, 2.24) is 14.4 Å². The third kappa shape index (κ3) is 6.23. The molecule has 3 rings (SSSR count). The van der Waals surface area contributed by atoms with Crippen LogP contribution >= 0.6 is 0 Å². The number of nitrogens with zero attached hydrogens (tertiary/aromatic N) is 3. The molecule has 10 heteroatoms. The van der Waals surface area contributed by atoms with Crippen LogP contribution in [0.5, 0.6) is 0 Å². The number of aromatic nitrogens is 1. The lowest BCUT2D eigenvalue weighted by Gasteiger charge is -2.37. The van der Waals surface area contributed by atoms with E-state index in [-0.39, 0.29) is 18.6 Å². The van der Waals surface area contributed by atoms with Crippen molar-refractivity contribution in [3.05, 3.63) is 24.0 Å². The Balaban J connectivity index is 0.000000345. The molecule has 1 unspecified atom stereocenters. The van der Waals surface area contributed by atoms with Crippen LogP contribution in [0.4, 0.5) is 13.2 Å². The van der Waals surface area contributed by atoms with Crippen LogP contribution in [0.25, 0.3) is 0 Å². The lowest BCUT2D eigenvalue weighted by atomic mass is 9.91. The Labute approximate surface area is 161 Å². The molecule has 0 saturated heterocycles. The average molecular weight is 405 g/mol. The summed E-state index contributed by atoms with van der Waals surface area (Å²) in [6.45, 7) is 2.94. The number of hydrogen-bond acceptors (Lipinski definition) is 4. The van der Waals surface area contributed by atoms with Gasteiger partial charge in [0.1, 0.15) is 6.61 Å². The first-order valence-corrected chi connectivity index (χ1v) is 9.08. The number of aliphatic carboxylic acids is 1. The highest BCUT2D eigenvalue weighted by Crippen LogP contribution is 2.28. The van der Waals surface area contributed by atoms with Gasteiger partial charge in [-0.1, -0.05) is 6.42 Å². The van der Waals surface area contributed by atoms with E-state index in [0.717, 1.165) is 19.6 Å². The van der Waals surface area contributed by atoms with Gasteiger partial charge in [0, 0.05) is 51.7 Å². The number of carbonyl (C=O) groups excluding carboxylic acids is 1. The lowest BCUT2D eigenvalue weighted by Crippen LogP contribution is -2.44. The molecule has 158 valence electrons. The zero-order valence-electron chi connectivity index (χ0n) is 16.0. The zero-order valence-corrected chi connectivity index (χ0v) is 16.0. The second-order valence-electron chi connectivity index (χ2n) is 7.19. The molecule has 0 aromatic carbocycles. The van der Waals surface area contributed by atoms with E-state index < -0.39 is 12.1 Å². The Morgan fingerprint density at radius 1 is 1.29 bits per heavy atom. The maximum Gasteiger partial charge on any atom is 0.490 e. The van der Waals surface area contributed by atoms with Gasteiger partial charge in [-0.3, -0.25) is 9.69 Å². The quantitative estimate of drug-likeness (QED) is 0.829. The van der Waals surface area contributed by atoms with Crippen molar-refractivity contribution >= 4 is 11.9 Å². The molecule has 2 heterocycles. The molecule has 1 aromatic rings. The molecule has 1 N–H and O–H groups in total. The second kappa shape index (κ2) is 9.42. The van der Waals surface area contributed by atoms with E-state index in [0.29, 0.717) is 6.04 Å². The number of alkyl halides is 3. The summed E-state index contributed by atoms with van der Waals surface area (Å²) in [5.41, 5.74) is 1.35. The minimum Gasteiger partial charge on any atom is -0.475 e. The Morgan fingerprint density at radius 2 is 1.93 bits per heavy atom. The van der Waals surface area contributed by atoms with Gasteiger partial charge in [0.2, 0.25) is 5.91 Å². The van der Waals surface area contributed by atoms with E-state index in [9.17, 15) is 18.0 Å². The largest absolute Gasteiger partial charge is 0.490 e. The number of fused-ring (bicyclic) bond motifs is 1. The summed E-state index contributed by atoms with van der Waals surface area (Å²) < 4.78 is 39.9. The second-order valence-corrected chi connectivity index (χ2v) is 7.19. The zero-order chi connectivity index (χ0) is 20.9.